The molecule has 0 saturated carbocycles. The van der Waals surface area contributed by atoms with E-state index in [1.54, 1.807) is 0 Å². The van der Waals surface area contributed by atoms with Gasteiger partial charge in [0, 0.05) is 6.20 Å². The van der Waals surface area contributed by atoms with E-state index in [9.17, 15) is 13.2 Å². The van der Waals surface area contributed by atoms with Crippen LogP contribution in [0.3, 0.4) is 0 Å². The zero-order valence-electron chi connectivity index (χ0n) is 8.24. The van der Waals surface area contributed by atoms with E-state index in [0.717, 1.165) is 10.9 Å². The van der Waals surface area contributed by atoms with Gasteiger partial charge in [-0.05, 0) is 12.1 Å². The molecule has 4 nitrogen and oxygen atoms in total. The van der Waals surface area contributed by atoms with E-state index in [2.05, 4.69) is 10.1 Å². The lowest BCUT2D eigenvalue weighted by Gasteiger charge is -2.04. The predicted octanol–water partition coefficient (Wildman–Crippen LogP) is 2.52. The summed E-state index contributed by atoms with van der Waals surface area (Å²) in [6.45, 7) is 0. The zero-order chi connectivity index (χ0) is 12.6. The van der Waals surface area contributed by atoms with Crippen LogP contribution in [0.4, 0.5) is 18.9 Å². The van der Waals surface area contributed by atoms with Crippen LogP contribution < -0.4 is 5.73 Å². The molecule has 0 bridgehead atoms. The Balaban J connectivity index is 2.47. The minimum absolute atomic E-state index is 0.0630. The summed E-state index contributed by atoms with van der Waals surface area (Å²) in [6, 6.07) is 2.88. The number of anilines is 1. The van der Waals surface area contributed by atoms with E-state index in [1.807, 2.05) is 0 Å². The number of halogens is 4. The summed E-state index contributed by atoms with van der Waals surface area (Å²) in [5.74, 6) is 0.0630. The molecule has 2 aromatic heterocycles. The fraction of sp³-hybridized carbons (Fsp3) is 0.111. The summed E-state index contributed by atoms with van der Waals surface area (Å²) >= 11 is 5.63. The monoisotopic (exact) mass is 262 g/mol. The molecule has 90 valence electrons. The molecule has 0 aliphatic rings. The van der Waals surface area contributed by atoms with Crippen LogP contribution >= 0.6 is 11.6 Å². The Morgan fingerprint density at radius 2 is 2.00 bits per heavy atom. The Morgan fingerprint density at radius 3 is 2.59 bits per heavy atom. The topological polar surface area (TPSA) is 56.7 Å². The maximum Gasteiger partial charge on any atom is 0.419 e. The summed E-state index contributed by atoms with van der Waals surface area (Å²) in [5.41, 5.74) is 4.89. The summed E-state index contributed by atoms with van der Waals surface area (Å²) < 4.78 is 38.0. The van der Waals surface area contributed by atoms with Crippen molar-refractivity contribution in [3.05, 3.63) is 35.2 Å². The molecule has 0 aliphatic carbocycles. The first kappa shape index (κ1) is 11.7. The third-order valence-electron chi connectivity index (χ3n) is 2.00. The van der Waals surface area contributed by atoms with Crippen molar-refractivity contribution < 1.29 is 13.2 Å². The average molecular weight is 263 g/mol. The Kier molecular flexibility index (Phi) is 2.70. The van der Waals surface area contributed by atoms with Crippen LogP contribution in [0.5, 0.6) is 0 Å². The number of alkyl halides is 3. The summed E-state index contributed by atoms with van der Waals surface area (Å²) in [6.07, 6.45) is -2.96. The van der Waals surface area contributed by atoms with Gasteiger partial charge in [-0.15, -0.1) is 0 Å². The van der Waals surface area contributed by atoms with Crippen molar-refractivity contribution in [2.24, 2.45) is 0 Å². The largest absolute Gasteiger partial charge is 0.419 e. The van der Waals surface area contributed by atoms with Crippen molar-refractivity contribution in [3.63, 3.8) is 0 Å². The van der Waals surface area contributed by atoms with E-state index in [4.69, 9.17) is 17.3 Å². The number of hydrogen-bond acceptors (Lipinski definition) is 3. The second-order valence-corrected chi connectivity index (χ2v) is 3.61. The fourth-order valence-corrected chi connectivity index (χ4v) is 1.35. The van der Waals surface area contributed by atoms with Crippen molar-refractivity contribution in [3.8, 4) is 5.82 Å². The van der Waals surface area contributed by atoms with Crippen LogP contribution in [-0.4, -0.2) is 14.8 Å². The minimum atomic E-state index is -4.45. The lowest BCUT2D eigenvalue weighted by Crippen LogP contribution is -2.05. The highest BCUT2D eigenvalue weighted by atomic mass is 35.5. The van der Waals surface area contributed by atoms with Gasteiger partial charge in [0.05, 0.1) is 17.4 Å². The van der Waals surface area contributed by atoms with E-state index in [-0.39, 0.29) is 16.7 Å². The molecule has 0 amide bonds. The number of nitrogen functional groups attached to an aromatic ring is 1. The van der Waals surface area contributed by atoms with Crippen LogP contribution in [0.1, 0.15) is 5.56 Å². The smallest absolute Gasteiger partial charge is 0.396 e. The van der Waals surface area contributed by atoms with Crippen molar-refractivity contribution in [2.75, 3.05) is 5.73 Å². The zero-order valence-corrected chi connectivity index (χ0v) is 9.00. The van der Waals surface area contributed by atoms with Crippen LogP contribution in [-0.2, 0) is 6.18 Å². The van der Waals surface area contributed by atoms with Crippen molar-refractivity contribution in [1.82, 2.24) is 14.8 Å². The van der Waals surface area contributed by atoms with Gasteiger partial charge < -0.3 is 5.73 Å². The molecule has 0 unspecified atom stereocenters. The molecule has 2 aromatic rings. The molecular weight excluding hydrogens is 257 g/mol. The molecule has 2 heterocycles. The Bertz CT molecular complexity index is 549. The molecule has 0 spiro atoms. The third-order valence-corrected chi connectivity index (χ3v) is 2.21. The summed E-state index contributed by atoms with van der Waals surface area (Å²) in [7, 11) is 0. The summed E-state index contributed by atoms with van der Waals surface area (Å²) in [4.78, 5) is 3.81. The van der Waals surface area contributed by atoms with E-state index in [1.165, 1.54) is 12.1 Å². The first-order valence-electron chi connectivity index (χ1n) is 4.42. The highest BCUT2D eigenvalue weighted by Crippen LogP contribution is 2.29. The number of aromatic nitrogens is 3. The maximum absolute atomic E-state index is 12.4. The molecule has 17 heavy (non-hydrogen) atoms. The van der Waals surface area contributed by atoms with Gasteiger partial charge in [-0.1, -0.05) is 11.6 Å². The van der Waals surface area contributed by atoms with Gasteiger partial charge >= 0.3 is 6.18 Å². The highest BCUT2D eigenvalue weighted by Gasteiger charge is 2.32. The van der Waals surface area contributed by atoms with Crippen molar-refractivity contribution in [2.45, 2.75) is 6.18 Å². The molecule has 0 saturated heterocycles. The van der Waals surface area contributed by atoms with E-state index >= 15 is 0 Å². The normalized spacial score (nSPS) is 11.8. The second-order valence-electron chi connectivity index (χ2n) is 3.22. The van der Waals surface area contributed by atoms with Crippen LogP contribution in [0.25, 0.3) is 5.82 Å². The number of nitrogens with zero attached hydrogens (tertiary/aromatic N) is 3. The second kappa shape index (κ2) is 3.92. The summed E-state index contributed by atoms with van der Waals surface area (Å²) in [5, 5.41) is 3.67. The number of nitrogens with two attached hydrogens (primary N) is 1. The average Bonchev–Trinajstić information content (AvgIpc) is 2.70. The third kappa shape index (κ3) is 2.33. The Morgan fingerprint density at radius 1 is 1.29 bits per heavy atom. The maximum atomic E-state index is 12.4. The number of pyridine rings is 1. The van der Waals surface area contributed by atoms with Gasteiger partial charge in [0.15, 0.2) is 5.82 Å². The first-order chi connectivity index (χ1) is 7.88. The van der Waals surface area contributed by atoms with Gasteiger partial charge in [0.25, 0.3) is 0 Å². The molecule has 0 aromatic carbocycles. The van der Waals surface area contributed by atoms with Gasteiger partial charge in [-0.25, -0.2) is 9.67 Å². The van der Waals surface area contributed by atoms with Crippen molar-refractivity contribution >= 4 is 17.3 Å². The lowest BCUT2D eigenvalue weighted by molar-refractivity contribution is -0.137. The molecule has 0 aliphatic heterocycles. The predicted molar refractivity (Wildman–Crippen MR) is 55.8 cm³/mol. The highest BCUT2D eigenvalue weighted by molar-refractivity contribution is 6.29. The molecule has 0 atom stereocenters. The Labute approximate surface area is 98.8 Å². The fourth-order valence-electron chi connectivity index (χ4n) is 1.20. The van der Waals surface area contributed by atoms with Gasteiger partial charge in [0.1, 0.15) is 5.15 Å². The number of rotatable bonds is 1. The van der Waals surface area contributed by atoms with Crippen LogP contribution in [0.2, 0.25) is 5.15 Å². The van der Waals surface area contributed by atoms with Gasteiger partial charge in [-0.3, -0.25) is 0 Å². The molecule has 0 radical (unpaired) electrons. The van der Waals surface area contributed by atoms with Gasteiger partial charge in [0.2, 0.25) is 0 Å². The minimum Gasteiger partial charge on any atom is -0.396 e. The Hall–Kier alpha value is -1.76. The van der Waals surface area contributed by atoms with Gasteiger partial charge in [-0.2, -0.15) is 18.3 Å². The standard InChI is InChI=1S/C9H6ClF3N4/c10-7-2-1-6(14)8(16-7)17-4-5(3-15-17)9(11,12)13/h1-4H,14H2. The molecule has 8 heteroatoms. The molecule has 0 fully saturated rings. The van der Waals surface area contributed by atoms with E-state index in [0.29, 0.717) is 6.20 Å². The quantitative estimate of drug-likeness (QED) is 0.804. The number of hydrogen-bond donors (Lipinski definition) is 1. The van der Waals surface area contributed by atoms with Crippen LogP contribution in [0.15, 0.2) is 24.5 Å². The van der Waals surface area contributed by atoms with Crippen LogP contribution in [0, 0.1) is 0 Å². The SMILES string of the molecule is Nc1ccc(Cl)nc1-n1cc(C(F)(F)F)cn1. The molecule has 2 N–H and O–H groups in total. The lowest BCUT2D eigenvalue weighted by atomic mass is 10.3. The molecular formula is C9H6ClF3N4. The molecule has 2 rings (SSSR count). The first-order valence-corrected chi connectivity index (χ1v) is 4.80. The van der Waals surface area contributed by atoms with Crippen molar-refractivity contribution in [1.29, 1.82) is 0 Å². The van der Waals surface area contributed by atoms with E-state index < -0.39 is 11.7 Å².